The molecule has 0 aromatic heterocycles. The number of nitrogens with one attached hydrogen (secondary N) is 3. The lowest BCUT2D eigenvalue weighted by molar-refractivity contribution is 0.252. The van der Waals surface area contributed by atoms with Gasteiger partial charge in [-0.3, -0.25) is 0 Å². The molecule has 4 N–H and O–H groups in total. The van der Waals surface area contributed by atoms with Crippen molar-refractivity contribution >= 4 is 11.7 Å². The predicted octanol–water partition coefficient (Wildman–Crippen LogP) is 2.52. The molecule has 112 valence electrons. The second-order valence-electron chi connectivity index (χ2n) is 5.24. The molecule has 5 heteroatoms. The first-order valence-electron chi connectivity index (χ1n) is 6.99. The number of aromatic hydroxyl groups is 1. The molecule has 0 unspecified atom stereocenters. The summed E-state index contributed by atoms with van der Waals surface area (Å²) in [5, 5.41) is 18.5. The zero-order valence-electron chi connectivity index (χ0n) is 12.7. The van der Waals surface area contributed by atoms with Crippen molar-refractivity contribution in [2.24, 2.45) is 0 Å². The molecule has 5 nitrogen and oxygen atoms in total. The summed E-state index contributed by atoms with van der Waals surface area (Å²) >= 11 is 0. The molecule has 2 amide bonds. The molecule has 0 radical (unpaired) electrons. The molecule has 0 spiro atoms. The average molecular weight is 279 g/mol. The quantitative estimate of drug-likeness (QED) is 0.605. The highest BCUT2D eigenvalue weighted by molar-refractivity contribution is 5.91. The summed E-state index contributed by atoms with van der Waals surface area (Å²) in [6.45, 7) is 9.35. The second kappa shape index (κ2) is 7.75. The van der Waals surface area contributed by atoms with Crippen LogP contribution >= 0.6 is 0 Å². The van der Waals surface area contributed by atoms with Crippen LogP contribution in [0.5, 0.6) is 5.75 Å². The van der Waals surface area contributed by atoms with Crippen LogP contribution in [0.4, 0.5) is 10.5 Å². The van der Waals surface area contributed by atoms with E-state index in [4.69, 9.17) is 0 Å². The molecule has 20 heavy (non-hydrogen) atoms. The van der Waals surface area contributed by atoms with E-state index in [0.29, 0.717) is 23.8 Å². The third-order valence-corrected chi connectivity index (χ3v) is 3.07. The number of hydrogen-bond donors (Lipinski definition) is 4. The first-order chi connectivity index (χ1) is 9.41. The van der Waals surface area contributed by atoms with Gasteiger partial charge in [-0.2, -0.15) is 0 Å². The van der Waals surface area contributed by atoms with Gasteiger partial charge in [-0.25, -0.2) is 4.79 Å². The number of benzene rings is 1. The maximum Gasteiger partial charge on any atom is 0.319 e. The fraction of sp³-hybridized carbons (Fsp3) is 0.533. The standard InChI is InChI=1S/C15H25N3O2/c1-10(2)16-8-5-9-17-15(20)18-14-11(3)6-7-13(19)12(14)4/h6-7,10,16,19H,5,8-9H2,1-4H3,(H2,17,18,20). The highest BCUT2D eigenvalue weighted by Crippen LogP contribution is 2.27. The molecule has 0 aliphatic heterocycles. The van der Waals surface area contributed by atoms with E-state index in [2.05, 4.69) is 29.8 Å². The summed E-state index contributed by atoms with van der Waals surface area (Å²) in [4.78, 5) is 11.8. The van der Waals surface area contributed by atoms with Crippen molar-refractivity contribution in [3.8, 4) is 5.75 Å². The summed E-state index contributed by atoms with van der Waals surface area (Å²) in [6.07, 6.45) is 0.879. The van der Waals surface area contributed by atoms with Crippen LogP contribution in [0.1, 0.15) is 31.4 Å². The van der Waals surface area contributed by atoms with Crippen molar-refractivity contribution in [2.75, 3.05) is 18.4 Å². The molecular weight excluding hydrogens is 254 g/mol. The monoisotopic (exact) mass is 279 g/mol. The van der Waals surface area contributed by atoms with E-state index in [9.17, 15) is 9.90 Å². The van der Waals surface area contributed by atoms with Gasteiger partial charge in [-0.1, -0.05) is 19.9 Å². The Labute approximate surface area is 120 Å². The first-order valence-corrected chi connectivity index (χ1v) is 6.99. The van der Waals surface area contributed by atoms with Gasteiger partial charge in [0.1, 0.15) is 5.75 Å². The van der Waals surface area contributed by atoms with Crippen molar-refractivity contribution in [3.05, 3.63) is 23.3 Å². The van der Waals surface area contributed by atoms with Crippen molar-refractivity contribution < 1.29 is 9.90 Å². The van der Waals surface area contributed by atoms with Gasteiger partial charge in [0.15, 0.2) is 0 Å². The Balaban J connectivity index is 2.41. The van der Waals surface area contributed by atoms with Crippen LogP contribution in [-0.4, -0.2) is 30.3 Å². The molecule has 0 fully saturated rings. The fourth-order valence-electron chi connectivity index (χ4n) is 1.87. The van der Waals surface area contributed by atoms with Crippen LogP contribution < -0.4 is 16.0 Å². The zero-order valence-corrected chi connectivity index (χ0v) is 12.7. The number of hydrogen-bond acceptors (Lipinski definition) is 3. The number of anilines is 1. The van der Waals surface area contributed by atoms with Crippen molar-refractivity contribution in [1.82, 2.24) is 10.6 Å². The molecule has 0 saturated carbocycles. The largest absolute Gasteiger partial charge is 0.508 e. The SMILES string of the molecule is Cc1ccc(O)c(C)c1NC(=O)NCCCNC(C)C. The number of rotatable bonds is 6. The highest BCUT2D eigenvalue weighted by atomic mass is 16.3. The van der Waals surface area contributed by atoms with Gasteiger partial charge in [0.05, 0.1) is 5.69 Å². The van der Waals surface area contributed by atoms with Crippen LogP contribution in [0.2, 0.25) is 0 Å². The minimum absolute atomic E-state index is 0.187. The minimum Gasteiger partial charge on any atom is -0.508 e. The molecule has 0 saturated heterocycles. The average Bonchev–Trinajstić information content (AvgIpc) is 2.38. The Morgan fingerprint density at radius 1 is 1.25 bits per heavy atom. The lowest BCUT2D eigenvalue weighted by Crippen LogP contribution is -2.32. The van der Waals surface area contributed by atoms with E-state index in [1.54, 1.807) is 19.1 Å². The Hall–Kier alpha value is -1.75. The summed E-state index contributed by atoms with van der Waals surface area (Å²) in [6, 6.07) is 3.63. The topological polar surface area (TPSA) is 73.4 Å². The normalized spacial score (nSPS) is 10.7. The van der Waals surface area contributed by atoms with Gasteiger partial charge in [0, 0.05) is 18.2 Å². The van der Waals surface area contributed by atoms with E-state index in [-0.39, 0.29) is 11.8 Å². The number of amides is 2. The first kappa shape index (κ1) is 16.3. The van der Waals surface area contributed by atoms with E-state index in [1.807, 2.05) is 6.92 Å². The molecule has 1 aromatic carbocycles. The molecule has 0 aliphatic rings. The number of urea groups is 1. The summed E-state index contributed by atoms with van der Waals surface area (Å²) in [5.74, 6) is 0.187. The number of phenols is 1. The molecule has 0 atom stereocenters. The number of carbonyl (C=O) groups is 1. The lowest BCUT2D eigenvalue weighted by Gasteiger charge is -2.14. The maximum absolute atomic E-state index is 11.8. The molecule has 1 aromatic rings. The molecule has 0 heterocycles. The number of phenolic OH excluding ortho intramolecular Hbond substituents is 1. The van der Waals surface area contributed by atoms with Crippen LogP contribution in [0.15, 0.2) is 12.1 Å². The van der Waals surface area contributed by atoms with Gasteiger partial charge in [-0.15, -0.1) is 0 Å². The van der Waals surface area contributed by atoms with Crippen LogP contribution in [0.25, 0.3) is 0 Å². The van der Waals surface area contributed by atoms with Crippen molar-refractivity contribution in [1.29, 1.82) is 0 Å². The smallest absolute Gasteiger partial charge is 0.319 e. The van der Waals surface area contributed by atoms with Gasteiger partial charge >= 0.3 is 6.03 Å². The summed E-state index contributed by atoms with van der Waals surface area (Å²) in [5.41, 5.74) is 2.28. The minimum atomic E-state index is -0.244. The molecule has 0 aliphatic carbocycles. The number of aryl methyl sites for hydroxylation is 1. The third-order valence-electron chi connectivity index (χ3n) is 3.07. The molecule has 0 bridgehead atoms. The Morgan fingerprint density at radius 2 is 1.95 bits per heavy atom. The maximum atomic E-state index is 11.8. The van der Waals surface area contributed by atoms with Gasteiger partial charge in [-0.05, 0) is 38.4 Å². The Kier molecular flexibility index (Phi) is 6.31. The van der Waals surface area contributed by atoms with Crippen molar-refractivity contribution in [3.63, 3.8) is 0 Å². The van der Waals surface area contributed by atoms with Gasteiger partial charge in [0.2, 0.25) is 0 Å². The number of carbonyl (C=O) groups excluding carboxylic acids is 1. The van der Waals surface area contributed by atoms with Gasteiger partial charge < -0.3 is 21.1 Å². The van der Waals surface area contributed by atoms with Gasteiger partial charge in [0.25, 0.3) is 0 Å². The van der Waals surface area contributed by atoms with E-state index >= 15 is 0 Å². The zero-order chi connectivity index (χ0) is 15.1. The fourth-order valence-corrected chi connectivity index (χ4v) is 1.87. The summed E-state index contributed by atoms with van der Waals surface area (Å²) < 4.78 is 0. The van der Waals surface area contributed by atoms with E-state index in [1.165, 1.54) is 0 Å². The van der Waals surface area contributed by atoms with Crippen molar-refractivity contribution in [2.45, 2.75) is 40.2 Å². The molecular formula is C15H25N3O2. The van der Waals surface area contributed by atoms with E-state index < -0.39 is 0 Å². The van der Waals surface area contributed by atoms with Crippen LogP contribution in [0, 0.1) is 13.8 Å². The van der Waals surface area contributed by atoms with Crippen LogP contribution in [0.3, 0.4) is 0 Å². The van der Waals surface area contributed by atoms with Crippen LogP contribution in [-0.2, 0) is 0 Å². The predicted molar refractivity (Wildman–Crippen MR) is 82.4 cm³/mol. The molecule has 1 rings (SSSR count). The third kappa shape index (κ3) is 5.09. The summed E-state index contributed by atoms with van der Waals surface area (Å²) in [7, 11) is 0. The Morgan fingerprint density at radius 3 is 2.60 bits per heavy atom. The lowest BCUT2D eigenvalue weighted by atomic mass is 10.1. The van der Waals surface area contributed by atoms with E-state index in [0.717, 1.165) is 18.5 Å². The Bertz CT molecular complexity index is 459. The second-order valence-corrected chi connectivity index (χ2v) is 5.24. The highest BCUT2D eigenvalue weighted by Gasteiger charge is 2.09.